The van der Waals surface area contributed by atoms with E-state index in [0.717, 1.165) is 19.4 Å². The highest BCUT2D eigenvalue weighted by Crippen LogP contribution is 2.17. The van der Waals surface area contributed by atoms with Crippen LogP contribution in [0.3, 0.4) is 0 Å². The minimum atomic E-state index is -1.00. The molecule has 1 unspecified atom stereocenters. The zero-order valence-electron chi connectivity index (χ0n) is 17.1. The highest BCUT2D eigenvalue weighted by molar-refractivity contribution is 5.99. The average molecular weight is 376 g/mol. The Bertz CT molecular complexity index is 641. The zero-order valence-corrected chi connectivity index (χ0v) is 17.1. The smallest absolute Gasteiger partial charge is 0.252 e. The fourth-order valence-corrected chi connectivity index (χ4v) is 2.65. The number of carbonyl (C=O) groups is 2. The zero-order chi connectivity index (χ0) is 20.1. The van der Waals surface area contributed by atoms with Gasteiger partial charge in [0.05, 0.1) is 6.10 Å². The minimum absolute atomic E-state index is 0.0187. The normalized spacial score (nSPS) is 17.4. The van der Waals surface area contributed by atoms with E-state index in [2.05, 4.69) is 10.6 Å². The molecule has 1 aromatic rings. The van der Waals surface area contributed by atoms with E-state index in [0.29, 0.717) is 24.5 Å². The highest BCUT2D eigenvalue weighted by Gasteiger charge is 2.30. The van der Waals surface area contributed by atoms with Crippen molar-refractivity contribution >= 4 is 11.8 Å². The lowest BCUT2D eigenvalue weighted by Gasteiger charge is -2.27. The van der Waals surface area contributed by atoms with Crippen LogP contribution in [0, 0.1) is 5.41 Å². The summed E-state index contributed by atoms with van der Waals surface area (Å²) in [5.41, 5.74) is -0.539. The lowest BCUT2D eigenvalue weighted by atomic mass is 9.96. The molecule has 0 saturated carbocycles. The van der Waals surface area contributed by atoms with Crippen LogP contribution in [0.15, 0.2) is 24.3 Å². The third kappa shape index (κ3) is 6.86. The van der Waals surface area contributed by atoms with Crippen LogP contribution in [0.4, 0.5) is 0 Å². The molecule has 1 saturated heterocycles. The lowest BCUT2D eigenvalue weighted by molar-refractivity contribution is -0.126. The Morgan fingerprint density at radius 2 is 1.81 bits per heavy atom. The Morgan fingerprint density at radius 1 is 1.15 bits per heavy atom. The second kappa shape index (κ2) is 8.74. The quantitative estimate of drug-likeness (QED) is 0.767. The first-order valence-electron chi connectivity index (χ1n) is 9.52. The summed E-state index contributed by atoms with van der Waals surface area (Å²) in [5, 5.41) is 5.68. The number of rotatable bonds is 7. The molecule has 0 aliphatic carbocycles. The minimum Gasteiger partial charge on any atom is -0.491 e. The van der Waals surface area contributed by atoms with Gasteiger partial charge in [-0.05, 0) is 56.4 Å². The number of benzene rings is 1. The van der Waals surface area contributed by atoms with E-state index in [1.807, 2.05) is 20.8 Å². The van der Waals surface area contributed by atoms with E-state index in [-0.39, 0.29) is 23.3 Å². The molecule has 6 heteroatoms. The summed E-state index contributed by atoms with van der Waals surface area (Å²) in [6.45, 7) is 11.4. The van der Waals surface area contributed by atoms with Crippen molar-refractivity contribution in [3.63, 3.8) is 0 Å². The summed E-state index contributed by atoms with van der Waals surface area (Å²) in [5.74, 6) is 0.197. The molecule has 1 aliphatic heterocycles. The summed E-state index contributed by atoms with van der Waals surface area (Å²) in [7, 11) is 0. The number of amides is 2. The van der Waals surface area contributed by atoms with Crippen molar-refractivity contribution in [1.82, 2.24) is 10.6 Å². The maximum absolute atomic E-state index is 12.5. The van der Waals surface area contributed by atoms with Crippen LogP contribution in [0.25, 0.3) is 0 Å². The molecule has 0 aromatic heterocycles. The number of hydrogen-bond donors (Lipinski definition) is 2. The summed E-state index contributed by atoms with van der Waals surface area (Å²) in [4.78, 5) is 24.9. The molecule has 1 aromatic carbocycles. The van der Waals surface area contributed by atoms with Crippen molar-refractivity contribution in [1.29, 1.82) is 0 Å². The standard InChI is InChI=1S/C21H32N2O4/c1-20(2,3)14-22-19(25)21(4,5)23-18(24)15-8-10-16(11-9-15)27-13-17-7-6-12-26-17/h8-11,17H,6-7,12-14H2,1-5H3,(H,22,25)(H,23,24). The molecule has 27 heavy (non-hydrogen) atoms. The fourth-order valence-electron chi connectivity index (χ4n) is 2.65. The number of carbonyl (C=O) groups excluding carboxylic acids is 2. The first-order chi connectivity index (χ1) is 12.6. The average Bonchev–Trinajstić information content (AvgIpc) is 3.10. The van der Waals surface area contributed by atoms with Gasteiger partial charge < -0.3 is 20.1 Å². The number of nitrogens with one attached hydrogen (secondary N) is 2. The molecule has 2 amide bonds. The van der Waals surface area contributed by atoms with Crippen molar-refractivity contribution in [2.24, 2.45) is 5.41 Å². The Kier molecular flexibility index (Phi) is 6.87. The maximum atomic E-state index is 12.5. The van der Waals surface area contributed by atoms with Crippen LogP contribution in [0.1, 0.15) is 57.8 Å². The first-order valence-corrected chi connectivity index (χ1v) is 9.52. The van der Waals surface area contributed by atoms with E-state index in [1.54, 1.807) is 38.1 Å². The molecule has 0 radical (unpaired) electrons. The predicted octanol–water partition coefficient (Wildman–Crippen LogP) is 2.92. The SMILES string of the molecule is CC(C)(C)CNC(=O)C(C)(C)NC(=O)c1ccc(OCC2CCCO2)cc1. The van der Waals surface area contributed by atoms with Crippen molar-refractivity contribution in [2.45, 2.75) is 59.1 Å². The van der Waals surface area contributed by atoms with Crippen molar-refractivity contribution in [3.05, 3.63) is 29.8 Å². The van der Waals surface area contributed by atoms with Gasteiger partial charge in [-0.3, -0.25) is 9.59 Å². The van der Waals surface area contributed by atoms with Gasteiger partial charge in [-0.1, -0.05) is 20.8 Å². The molecule has 0 spiro atoms. The second-order valence-corrected chi connectivity index (χ2v) is 8.79. The Balaban J connectivity index is 1.87. The van der Waals surface area contributed by atoms with E-state index >= 15 is 0 Å². The summed E-state index contributed by atoms with van der Waals surface area (Å²) >= 11 is 0. The molecular formula is C21H32N2O4. The van der Waals surface area contributed by atoms with Gasteiger partial charge in [-0.15, -0.1) is 0 Å². The van der Waals surface area contributed by atoms with Crippen LogP contribution in [-0.2, 0) is 9.53 Å². The molecule has 150 valence electrons. The van der Waals surface area contributed by atoms with Gasteiger partial charge in [0.15, 0.2) is 0 Å². The molecule has 6 nitrogen and oxygen atoms in total. The Morgan fingerprint density at radius 3 is 2.37 bits per heavy atom. The first kappa shape index (κ1) is 21.2. The molecule has 2 rings (SSSR count). The molecule has 1 atom stereocenters. The van der Waals surface area contributed by atoms with E-state index in [1.165, 1.54) is 0 Å². The molecule has 1 fully saturated rings. The van der Waals surface area contributed by atoms with Crippen molar-refractivity contribution < 1.29 is 19.1 Å². The van der Waals surface area contributed by atoms with E-state index in [4.69, 9.17) is 9.47 Å². The lowest BCUT2D eigenvalue weighted by Crippen LogP contribution is -2.55. The number of ether oxygens (including phenoxy) is 2. The topological polar surface area (TPSA) is 76.7 Å². The van der Waals surface area contributed by atoms with Crippen LogP contribution in [0.5, 0.6) is 5.75 Å². The van der Waals surface area contributed by atoms with E-state index in [9.17, 15) is 9.59 Å². The van der Waals surface area contributed by atoms with Crippen LogP contribution >= 0.6 is 0 Å². The summed E-state index contributed by atoms with van der Waals surface area (Å²) in [6, 6.07) is 6.92. The van der Waals surface area contributed by atoms with Gasteiger partial charge in [-0.2, -0.15) is 0 Å². The van der Waals surface area contributed by atoms with Crippen molar-refractivity contribution in [3.8, 4) is 5.75 Å². The van der Waals surface area contributed by atoms with Crippen LogP contribution in [0.2, 0.25) is 0 Å². The highest BCUT2D eigenvalue weighted by atomic mass is 16.5. The monoisotopic (exact) mass is 376 g/mol. The van der Waals surface area contributed by atoms with Gasteiger partial charge in [-0.25, -0.2) is 0 Å². The largest absolute Gasteiger partial charge is 0.491 e. The van der Waals surface area contributed by atoms with Crippen LogP contribution < -0.4 is 15.4 Å². The van der Waals surface area contributed by atoms with Gasteiger partial charge in [0.25, 0.3) is 5.91 Å². The Labute approximate surface area is 162 Å². The third-order valence-corrected chi connectivity index (χ3v) is 4.35. The molecule has 1 heterocycles. The van der Waals surface area contributed by atoms with Gasteiger partial charge >= 0.3 is 0 Å². The van der Waals surface area contributed by atoms with Crippen molar-refractivity contribution in [2.75, 3.05) is 19.8 Å². The molecule has 2 N–H and O–H groups in total. The predicted molar refractivity (Wildman–Crippen MR) is 105 cm³/mol. The van der Waals surface area contributed by atoms with Gasteiger partial charge in [0.2, 0.25) is 5.91 Å². The molecule has 0 bridgehead atoms. The fraction of sp³-hybridized carbons (Fsp3) is 0.619. The number of hydrogen-bond acceptors (Lipinski definition) is 4. The van der Waals surface area contributed by atoms with Crippen LogP contribution in [-0.4, -0.2) is 43.2 Å². The summed E-state index contributed by atoms with van der Waals surface area (Å²) < 4.78 is 11.2. The molecule has 1 aliphatic rings. The second-order valence-electron chi connectivity index (χ2n) is 8.79. The molecular weight excluding hydrogens is 344 g/mol. The van der Waals surface area contributed by atoms with Gasteiger partial charge in [0.1, 0.15) is 17.9 Å². The summed E-state index contributed by atoms with van der Waals surface area (Å²) in [6.07, 6.45) is 2.25. The third-order valence-electron chi connectivity index (χ3n) is 4.35. The van der Waals surface area contributed by atoms with Gasteiger partial charge in [0, 0.05) is 18.7 Å². The van der Waals surface area contributed by atoms with E-state index < -0.39 is 5.54 Å². The Hall–Kier alpha value is -2.08. The maximum Gasteiger partial charge on any atom is 0.252 e.